The minimum atomic E-state index is 0.420. The van der Waals surface area contributed by atoms with Crippen molar-refractivity contribution in [2.24, 2.45) is 0 Å². The standard InChI is InChI=1S/C18H21ClN2/c1-2-9-20-12-15-11-14(6-8-17(15)19)16-7-5-13-4-3-10-21-18(13)16/h3-4,6,8,10-11,16,20H,2,5,7,9,12H2,1H3. The van der Waals surface area contributed by atoms with Crippen LogP contribution in [0.4, 0.5) is 0 Å². The molecule has 1 aromatic heterocycles. The molecule has 1 atom stereocenters. The molecule has 0 saturated carbocycles. The lowest BCUT2D eigenvalue weighted by Crippen LogP contribution is -2.14. The van der Waals surface area contributed by atoms with Gasteiger partial charge in [0.15, 0.2) is 0 Å². The molecule has 110 valence electrons. The highest BCUT2D eigenvalue weighted by Crippen LogP contribution is 2.37. The zero-order chi connectivity index (χ0) is 14.7. The van der Waals surface area contributed by atoms with Crippen molar-refractivity contribution in [3.8, 4) is 0 Å². The molecule has 3 heteroatoms. The Balaban J connectivity index is 1.85. The third-order valence-electron chi connectivity index (χ3n) is 4.17. The highest BCUT2D eigenvalue weighted by Gasteiger charge is 2.25. The Morgan fingerprint density at radius 2 is 2.24 bits per heavy atom. The summed E-state index contributed by atoms with van der Waals surface area (Å²) in [5.41, 5.74) is 5.16. The van der Waals surface area contributed by atoms with Crippen molar-refractivity contribution >= 4 is 11.6 Å². The third-order valence-corrected chi connectivity index (χ3v) is 4.54. The van der Waals surface area contributed by atoms with Gasteiger partial charge in [-0.3, -0.25) is 4.98 Å². The number of pyridine rings is 1. The van der Waals surface area contributed by atoms with E-state index in [1.54, 1.807) is 0 Å². The van der Waals surface area contributed by atoms with Crippen molar-refractivity contribution < 1.29 is 0 Å². The lowest BCUT2D eigenvalue weighted by Gasteiger charge is -2.14. The van der Waals surface area contributed by atoms with Gasteiger partial charge in [0, 0.05) is 23.7 Å². The van der Waals surface area contributed by atoms with E-state index in [1.165, 1.54) is 22.4 Å². The van der Waals surface area contributed by atoms with Crippen molar-refractivity contribution in [2.75, 3.05) is 6.54 Å². The molecule has 21 heavy (non-hydrogen) atoms. The summed E-state index contributed by atoms with van der Waals surface area (Å²) in [5, 5.41) is 4.28. The number of hydrogen-bond donors (Lipinski definition) is 1. The molecule has 0 aliphatic heterocycles. The average Bonchev–Trinajstić information content (AvgIpc) is 2.93. The van der Waals surface area contributed by atoms with E-state index in [-0.39, 0.29) is 0 Å². The average molecular weight is 301 g/mol. The molecule has 1 unspecified atom stereocenters. The van der Waals surface area contributed by atoms with E-state index < -0.39 is 0 Å². The van der Waals surface area contributed by atoms with Crippen molar-refractivity contribution in [2.45, 2.75) is 38.6 Å². The predicted octanol–water partition coefficient (Wildman–Crippen LogP) is 4.31. The molecule has 1 N–H and O–H groups in total. The molecule has 1 aliphatic carbocycles. The second kappa shape index (κ2) is 6.59. The van der Waals surface area contributed by atoms with Crippen LogP contribution in [0.3, 0.4) is 0 Å². The predicted molar refractivity (Wildman–Crippen MR) is 87.9 cm³/mol. The van der Waals surface area contributed by atoms with E-state index in [9.17, 15) is 0 Å². The third kappa shape index (κ3) is 3.12. The maximum absolute atomic E-state index is 6.33. The highest BCUT2D eigenvalue weighted by atomic mass is 35.5. The quantitative estimate of drug-likeness (QED) is 0.832. The summed E-state index contributed by atoms with van der Waals surface area (Å²) in [6.45, 7) is 4.03. The molecule has 2 aromatic rings. The van der Waals surface area contributed by atoms with E-state index in [4.69, 9.17) is 11.6 Å². The zero-order valence-electron chi connectivity index (χ0n) is 12.4. The number of aryl methyl sites for hydroxylation is 1. The number of benzene rings is 1. The second-order valence-electron chi connectivity index (χ2n) is 5.67. The van der Waals surface area contributed by atoms with E-state index in [0.717, 1.165) is 37.4 Å². The lowest BCUT2D eigenvalue weighted by molar-refractivity contribution is 0.673. The van der Waals surface area contributed by atoms with Crippen molar-refractivity contribution in [1.29, 1.82) is 0 Å². The van der Waals surface area contributed by atoms with Crippen molar-refractivity contribution in [3.05, 3.63) is 63.9 Å². The Morgan fingerprint density at radius 1 is 1.33 bits per heavy atom. The number of nitrogens with zero attached hydrogens (tertiary/aromatic N) is 1. The molecule has 0 spiro atoms. The first-order valence-corrected chi connectivity index (χ1v) is 8.10. The maximum Gasteiger partial charge on any atom is 0.0510 e. The highest BCUT2D eigenvalue weighted by molar-refractivity contribution is 6.31. The van der Waals surface area contributed by atoms with Gasteiger partial charge in [-0.05, 0) is 54.6 Å². The molecule has 1 heterocycles. The topological polar surface area (TPSA) is 24.9 Å². The molecule has 0 bridgehead atoms. The van der Waals surface area contributed by atoms with Gasteiger partial charge in [-0.25, -0.2) is 0 Å². The van der Waals surface area contributed by atoms with Crippen molar-refractivity contribution in [1.82, 2.24) is 10.3 Å². The fraction of sp³-hybridized carbons (Fsp3) is 0.389. The summed E-state index contributed by atoms with van der Waals surface area (Å²) in [7, 11) is 0. The van der Waals surface area contributed by atoms with Gasteiger partial charge in [-0.2, -0.15) is 0 Å². The summed E-state index contributed by atoms with van der Waals surface area (Å²) in [6.07, 6.45) is 5.31. The first-order valence-electron chi connectivity index (χ1n) is 7.72. The molecule has 1 aromatic carbocycles. The smallest absolute Gasteiger partial charge is 0.0510 e. The molecular weight excluding hydrogens is 280 g/mol. The summed E-state index contributed by atoms with van der Waals surface area (Å²) in [4.78, 5) is 4.60. The van der Waals surface area contributed by atoms with E-state index >= 15 is 0 Å². The van der Waals surface area contributed by atoms with E-state index in [0.29, 0.717) is 5.92 Å². The Morgan fingerprint density at radius 3 is 3.10 bits per heavy atom. The Bertz CT molecular complexity index is 624. The summed E-state index contributed by atoms with van der Waals surface area (Å²) >= 11 is 6.33. The molecule has 2 nitrogen and oxygen atoms in total. The van der Waals surface area contributed by atoms with E-state index in [2.05, 4.69) is 35.4 Å². The fourth-order valence-electron chi connectivity index (χ4n) is 3.08. The number of hydrogen-bond acceptors (Lipinski definition) is 2. The van der Waals surface area contributed by atoms with Crippen LogP contribution in [0.5, 0.6) is 0 Å². The monoisotopic (exact) mass is 300 g/mol. The largest absolute Gasteiger partial charge is 0.313 e. The number of fused-ring (bicyclic) bond motifs is 1. The summed E-state index contributed by atoms with van der Waals surface area (Å²) < 4.78 is 0. The molecule has 0 radical (unpaired) electrons. The maximum atomic E-state index is 6.33. The molecule has 0 amide bonds. The van der Waals surface area contributed by atoms with E-state index in [1.807, 2.05) is 18.3 Å². The van der Waals surface area contributed by atoms with Gasteiger partial charge in [0.2, 0.25) is 0 Å². The lowest BCUT2D eigenvalue weighted by atomic mass is 9.95. The molecule has 1 aliphatic rings. The fourth-order valence-corrected chi connectivity index (χ4v) is 3.27. The summed E-state index contributed by atoms with van der Waals surface area (Å²) in [5.74, 6) is 0.420. The first-order chi connectivity index (χ1) is 10.3. The number of nitrogens with one attached hydrogen (secondary N) is 1. The SMILES string of the molecule is CCCNCc1cc(C2CCc3cccnc32)ccc1Cl. The molecule has 0 fully saturated rings. The van der Waals surface area contributed by atoms with Crippen LogP contribution in [0.15, 0.2) is 36.5 Å². The van der Waals surface area contributed by atoms with Crippen LogP contribution < -0.4 is 5.32 Å². The normalized spacial score (nSPS) is 17.0. The van der Waals surface area contributed by atoms with Gasteiger partial charge in [0.05, 0.1) is 5.69 Å². The van der Waals surface area contributed by atoms with Crippen LogP contribution in [-0.2, 0) is 13.0 Å². The van der Waals surface area contributed by atoms with Gasteiger partial charge < -0.3 is 5.32 Å². The number of rotatable bonds is 5. The van der Waals surface area contributed by atoms with Crippen LogP contribution in [0.1, 0.15) is 48.1 Å². The molecule has 0 saturated heterocycles. The second-order valence-corrected chi connectivity index (χ2v) is 6.07. The van der Waals surface area contributed by atoms with Gasteiger partial charge in [-0.15, -0.1) is 0 Å². The van der Waals surface area contributed by atoms with Crippen LogP contribution in [-0.4, -0.2) is 11.5 Å². The molecule has 3 rings (SSSR count). The van der Waals surface area contributed by atoms with Gasteiger partial charge in [-0.1, -0.05) is 36.7 Å². The van der Waals surface area contributed by atoms with Crippen molar-refractivity contribution in [3.63, 3.8) is 0 Å². The zero-order valence-corrected chi connectivity index (χ0v) is 13.2. The van der Waals surface area contributed by atoms with Crippen LogP contribution in [0.2, 0.25) is 5.02 Å². The molecular formula is C18H21ClN2. The van der Waals surface area contributed by atoms with Gasteiger partial charge >= 0.3 is 0 Å². The van der Waals surface area contributed by atoms with Gasteiger partial charge in [0.1, 0.15) is 0 Å². The summed E-state index contributed by atoms with van der Waals surface area (Å²) in [6, 6.07) is 10.7. The number of halogens is 1. The van der Waals surface area contributed by atoms with Crippen LogP contribution in [0.25, 0.3) is 0 Å². The number of aromatic nitrogens is 1. The van der Waals surface area contributed by atoms with Crippen LogP contribution >= 0.6 is 11.6 Å². The minimum Gasteiger partial charge on any atom is -0.313 e. The Kier molecular flexibility index (Phi) is 4.57. The minimum absolute atomic E-state index is 0.420. The van der Waals surface area contributed by atoms with Gasteiger partial charge in [0.25, 0.3) is 0 Å². The first kappa shape index (κ1) is 14.6. The van der Waals surface area contributed by atoms with Crippen LogP contribution in [0, 0.1) is 0 Å². The Hall–Kier alpha value is -1.38. The Labute approximate surface area is 131 Å².